The summed E-state index contributed by atoms with van der Waals surface area (Å²) in [7, 11) is 0. The van der Waals surface area contributed by atoms with Crippen LogP contribution in [0.5, 0.6) is 0 Å². The highest BCUT2D eigenvalue weighted by Crippen LogP contribution is 2.31. The molecule has 0 saturated carbocycles. The van der Waals surface area contributed by atoms with Gasteiger partial charge >= 0.3 is 0 Å². The Morgan fingerprint density at radius 2 is 1.56 bits per heavy atom. The summed E-state index contributed by atoms with van der Waals surface area (Å²) >= 11 is 0. The van der Waals surface area contributed by atoms with Gasteiger partial charge in [0.05, 0.1) is 22.2 Å². The van der Waals surface area contributed by atoms with E-state index in [1.807, 2.05) is 6.07 Å². The van der Waals surface area contributed by atoms with Crippen molar-refractivity contribution < 1.29 is 0 Å². The number of hydrogen-bond acceptors (Lipinski definition) is 3. The summed E-state index contributed by atoms with van der Waals surface area (Å²) in [5.41, 5.74) is 2.72. The molecule has 0 bridgehead atoms. The molecule has 0 fully saturated rings. The maximum Gasteiger partial charge on any atom is 0.112 e. The van der Waals surface area contributed by atoms with Crippen LogP contribution >= 0.6 is 0 Å². The third-order valence-corrected chi connectivity index (χ3v) is 5.28. The molecule has 0 radical (unpaired) electrons. The lowest BCUT2D eigenvalue weighted by Crippen LogP contribution is -2.10. The predicted octanol–water partition coefficient (Wildman–Crippen LogP) is 6.43. The van der Waals surface area contributed by atoms with Gasteiger partial charge in [-0.25, -0.2) is 4.98 Å². The second-order valence-corrected chi connectivity index (χ2v) is 7.42. The van der Waals surface area contributed by atoms with Crippen molar-refractivity contribution in [3.05, 3.63) is 29.1 Å². The summed E-state index contributed by atoms with van der Waals surface area (Å²) in [6, 6.07) is 7.95. The number of benzene rings is 1. The molecule has 2 rings (SSSR count). The Balaban J connectivity index is 2.46. The number of aromatic nitrogens is 2. The number of unbranched alkanes of at least 4 members (excludes halogenated alkanes) is 4. The molecule has 0 N–H and O–H groups in total. The van der Waals surface area contributed by atoms with Crippen LogP contribution in [0.4, 0.5) is 0 Å². The standard InChI is InChI=1S/C23H32N4/c1-4-7-9-10-12-18(11-8-5-2)23-26-21-14-19(16-24)20(17-25)15-22(21)27(23)13-6-3/h14-15,18H,4-13H2,1-3H3. The SMILES string of the molecule is CCCCCCC(CCCC)c1nc2cc(C#N)c(C#N)cc2n1CCC. The summed E-state index contributed by atoms with van der Waals surface area (Å²) in [4.78, 5) is 4.97. The lowest BCUT2D eigenvalue weighted by Gasteiger charge is -2.18. The first kappa shape index (κ1) is 21.0. The van der Waals surface area contributed by atoms with Gasteiger partial charge < -0.3 is 4.57 Å². The highest BCUT2D eigenvalue weighted by atomic mass is 15.1. The van der Waals surface area contributed by atoms with Crippen LogP contribution in [0, 0.1) is 22.7 Å². The summed E-state index contributed by atoms with van der Waals surface area (Å²) in [6.45, 7) is 7.56. The summed E-state index contributed by atoms with van der Waals surface area (Å²) in [5, 5.41) is 18.7. The van der Waals surface area contributed by atoms with Crippen LogP contribution in [0.3, 0.4) is 0 Å². The molecule has 0 spiro atoms. The molecule has 144 valence electrons. The second-order valence-electron chi connectivity index (χ2n) is 7.42. The number of nitriles is 2. The second kappa shape index (κ2) is 10.7. The molecule has 0 aliphatic rings. The molecule has 0 aliphatic carbocycles. The van der Waals surface area contributed by atoms with Crippen molar-refractivity contribution in [3.63, 3.8) is 0 Å². The van der Waals surface area contributed by atoms with Gasteiger partial charge in [-0.1, -0.05) is 59.3 Å². The van der Waals surface area contributed by atoms with E-state index in [2.05, 4.69) is 37.5 Å². The van der Waals surface area contributed by atoms with Gasteiger partial charge in [0.2, 0.25) is 0 Å². The fourth-order valence-electron chi connectivity index (χ4n) is 3.82. The smallest absolute Gasteiger partial charge is 0.112 e. The maximum atomic E-state index is 9.40. The number of fused-ring (bicyclic) bond motifs is 1. The fraction of sp³-hybridized carbons (Fsp3) is 0.609. The zero-order valence-electron chi connectivity index (χ0n) is 17.1. The largest absolute Gasteiger partial charge is 0.328 e. The third-order valence-electron chi connectivity index (χ3n) is 5.28. The lowest BCUT2D eigenvalue weighted by molar-refractivity contribution is 0.471. The topological polar surface area (TPSA) is 65.4 Å². The van der Waals surface area contributed by atoms with E-state index in [1.165, 1.54) is 44.9 Å². The van der Waals surface area contributed by atoms with Gasteiger partial charge in [0.1, 0.15) is 18.0 Å². The van der Waals surface area contributed by atoms with Crippen LogP contribution in [0.2, 0.25) is 0 Å². The van der Waals surface area contributed by atoms with Crippen molar-refractivity contribution in [1.82, 2.24) is 9.55 Å². The molecule has 4 nitrogen and oxygen atoms in total. The van der Waals surface area contributed by atoms with Gasteiger partial charge in [-0.3, -0.25) is 0 Å². The first-order valence-electron chi connectivity index (χ1n) is 10.5. The molecular formula is C23H32N4. The molecule has 1 aromatic carbocycles. The average Bonchev–Trinajstić information content (AvgIpc) is 3.04. The highest BCUT2D eigenvalue weighted by molar-refractivity contribution is 5.80. The molecular weight excluding hydrogens is 332 g/mol. The van der Waals surface area contributed by atoms with Crippen LogP contribution in [0.15, 0.2) is 12.1 Å². The van der Waals surface area contributed by atoms with E-state index in [4.69, 9.17) is 4.98 Å². The Bertz CT molecular complexity index is 819. The summed E-state index contributed by atoms with van der Waals surface area (Å²) in [5.74, 6) is 1.60. The Morgan fingerprint density at radius 1 is 0.889 bits per heavy atom. The molecule has 1 unspecified atom stereocenters. The monoisotopic (exact) mass is 364 g/mol. The van der Waals surface area contributed by atoms with Crippen molar-refractivity contribution in [2.45, 2.75) is 91.0 Å². The van der Waals surface area contributed by atoms with Gasteiger partial charge in [-0.05, 0) is 31.4 Å². The van der Waals surface area contributed by atoms with E-state index in [-0.39, 0.29) is 0 Å². The Labute approximate surface area is 163 Å². The molecule has 2 aromatic rings. The average molecular weight is 365 g/mol. The lowest BCUT2D eigenvalue weighted by atomic mass is 9.94. The fourth-order valence-corrected chi connectivity index (χ4v) is 3.82. The predicted molar refractivity (Wildman–Crippen MR) is 110 cm³/mol. The van der Waals surface area contributed by atoms with Crippen molar-refractivity contribution in [2.75, 3.05) is 0 Å². The zero-order valence-corrected chi connectivity index (χ0v) is 17.1. The van der Waals surface area contributed by atoms with Gasteiger partial charge in [0.25, 0.3) is 0 Å². The normalized spacial score (nSPS) is 12.0. The molecule has 1 atom stereocenters. The molecule has 1 heterocycles. The summed E-state index contributed by atoms with van der Waals surface area (Å²) in [6.07, 6.45) is 10.8. The number of aryl methyl sites for hydroxylation is 1. The zero-order chi connectivity index (χ0) is 19.6. The quantitative estimate of drug-likeness (QED) is 0.431. The van der Waals surface area contributed by atoms with E-state index in [0.717, 1.165) is 36.2 Å². The Kier molecular flexibility index (Phi) is 8.34. The van der Waals surface area contributed by atoms with E-state index >= 15 is 0 Å². The number of rotatable bonds is 11. The summed E-state index contributed by atoms with van der Waals surface area (Å²) < 4.78 is 2.30. The van der Waals surface area contributed by atoms with Gasteiger partial charge in [-0.2, -0.15) is 10.5 Å². The minimum absolute atomic E-state index is 0.422. The van der Waals surface area contributed by atoms with E-state index < -0.39 is 0 Å². The minimum atomic E-state index is 0.422. The van der Waals surface area contributed by atoms with Crippen molar-refractivity contribution in [3.8, 4) is 12.1 Å². The molecule has 1 aromatic heterocycles. The van der Waals surface area contributed by atoms with Crippen molar-refractivity contribution in [2.24, 2.45) is 0 Å². The van der Waals surface area contributed by atoms with E-state index in [9.17, 15) is 10.5 Å². The van der Waals surface area contributed by atoms with Crippen LogP contribution in [-0.2, 0) is 6.54 Å². The number of nitrogens with zero attached hydrogens (tertiary/aromatic N) is 4. The highest BCUT2D eigenvalue weighted by Gasteiger charge is 2.21. The molecule has 0 saturated heterocycles. The Hall–Kier alpha value is -2.33. The van der Waals surface area contributed by atoms with Crippen LogP contribution in [0.1, 0.15) is 101 Å². The maximum absolute atomic E-state index is 9.40. The van der Waals surface area contributed by atoms with Crippen molar-refractivity contribution in [1.29, 1.82) is 10.5 Å². The van der Waals surface area contributed by atoms with Crippen molar-refractivity contribution >= 4 is 11.0 Å². The van der Waals surface area contributed by atoms with E-state index in [0.29, 0.717) is 17.0 Å². The van der Waals surface area contributed by atoms with Crippen LogP contribution in [-0.4, -0.2) is 9.55 Å². The first-order valence-corrected chi connectivity index (χ1v) is 10.5. The first-order chi connectivity index (χ1) is 13.2. The minimum Gasteiger partial charge on any atom is -0.328 e. The van der Waals surface area contributed by atoms with Crippen LogP contribution < -0.4 is 0 Å². The number of hydrogen-bond donors (Lipinski definition) is 0. The third kappa shape index (κ3) is 5.10. The van der Waals surface area contributed by atoms with E-state index in [1.54, 1.807) is 6.07 Å². The molecule has 27 heavy (non-hydrogen) atoms. The molecule has 4 heteroatoms. The number of imidazole rings is 1. The van der Waals surface area contributed by atoms with Gasteiger partial charge in [-0.15, -0.1) is 0 Å². The molecule has 0 amide bonds. The van der Waals surface area contributed by atoms with Gasteiger partial charge in [0, 0.05) is 12.5 Å². The Morgan fingerprint density at radius 3 is 2.19 bits per heavy atom. The van der Waals surface area contributed by atoms with Gasteiger partial charge in [0.15, 0.2) is 0 Å². The molecule has 0 aliphatic heterocycles. The van der Waals surface area contributed by atoms with Crippen LogP contribution in [0.25, 0.3) is 11.0 Å².